The highest BCUT2D eigenvalue weighted by molar-refractivity contribution is 7.10. The summed E-state index contributed by atoms with van der Waals surface area (Å²) < 4.78 is 0. The number of halogens is 1. The normalized spacial score (nSPS) is 12.2. The summed E-state index contributed by atoms with van der Waals surface area (Å²) in [5, 5.41) is 15.6. The Balaban J connectivity index is 2.08. The number of nitrogens with one attached hydrogen (secondary N) is 1. The van der Waals surface area contributed by atoms with Crippen LogP contribution in [0.5, 0.6) is 0 Å². The minimum absolute atomic E-state index is 0.0516. The summed E-state index contributed by atoms with van der Waals surface area (Å²) in [5.41, 5.74) is 0.0808. The fourth-order valence-corrected chi connectivity index (χ4v) is 3.29. The highest BCUT2D eigenvalue weighted by Gasteiger charge is 2.19. The molecule has 0 saturated heterocycles. The van der Waals surface area contributed by atoms with E-state index in [-0.39, 0.29) is 28.2 Å². The summed E-state index contributed by atoms with van der Waals surface area (Å²) in [6.45, 7) is 0.416. The number of hydrogen-bond donors (Lipinski definition) is 1. The average Bonchev–Trinajstić information content (AvgIpc) is 3.00. The molecule has 8 heteroatoms. The Morgan fingerprint density at radius 2 is 2.17 bits per heavy atom. The van der Waals surface area contributed by atoms with E-state index in [0.29, 0.717) is 6.54 Å². The Morgan fingerprint density at radius 1 is 1.43 bits per heavy atom. The van der Waals surface area contributed by atoms with Crippen molar-refractivity contribution < 1.29 is 9.72 Å². The molecule has 0 bridgehead atoms. The number of amides is 1. The van der Waals surface area contributed by atoms with Crippen LogP contribution in [0.4, 0.5) is 5.69 Å². The molecule has 0 aliphatic carbocycles. The van der Waals surface area contributed by atoms with Gasteiger partial charge in [-0.25, -0.2) is 0 Å². The minimum atomic E-state index is -0.549. The quantitative estimate of drug-likeness (QED) is 0.638. The molecule has 0 aliphatic heterocycles. The molecule has 2 aromatic rings. The van der Waals surface area contributed by atoms with E-state index in [0.717, 1.165) is 4.88 Å². The predicted molar refractivity (Wildman–Crippen MR) is 91.2 cm³/mol. The molecule has 0 radical (unpaired) electrons. The molecule has 1 aromatic heterocycles. The van der Waals surface area contributed by atoms with E-state index in [4.69, 9.17) is 11.6 Å². The first-order valence-corrected chi connectivity index (χ1v) is 8.08. The van der Waals surface area contributed by atoms with E-state index < -0.39 is 4.92 Å². The van der Waals surface area contributed by atoms with Crippen LogP contribution in [0.3, 0.4) is 0 Å². The summed E-state index contributed by atoms with van der Waals surface area (Å²) in [6, 6.07) is 7.84. The van der Waals surface area contributed by atoms with Crippen molar-refractivity contribution in [2.24, 2.45) is 0 Å². The number of hydrogen-bond acceptors (Lipinski definition) is 5. The molecule has 1 N–H and O–H groups in total. The van der Waals surface area contributed by atoms with Gasteiger partial charge in [-0.1, -0.05) is 17.7 Å². The summed E-state index contributed by atoms with van der Waals surface area (Å²) in [6.07, 6.45) is 0. The summed E-state index contributed by atoms with van der Waals surface area (Å²) in [7, 11) is 3.88. The van der Waals surface area contributed by atoms with Crippen LogP contribution in [0.15, 0.2) is 35.7 Å². The molecule has 0 saturated carbocycles. The van der Waals surface area contributed by atoms with Crippen molar-refractivity contribution in [2.45, 2.75) is 6.04 Å². The van der Waals surface area contributed by atoms with Gasteiger partial charge in [0.15, 0.2) is 0 Å². The van der Waals surface area contributed by atoms with Gasteiger partial charge in [0, 0.05) is 23.6 Å². The number of benzene rings is 1. The molecule has 122 valence electrons. The van der Waals surface area contributed by atoms with E-state index in [9.17, 15) is 14.9 Å². The van der Waals surface area contributed by atoms with Gasteiger partial charge in [0.25, 0.3) is 11.6 Å². The second kappa shape index (κ2) is 7.54. The number of carbonyl (C=O) groups excluding carboxylic acids is 1. The molecule has 0 spiro atoms. The third-order valence-electron chi connectivity index (χ3n) is 3.36. The van der Waals surface area contributed by atoms with Crippen molar-refractivity contribution in [1.29, 1.82) is 0 Å². The summed E-state index contributed by atoms with van der Waals surface area (Å²) in [4.78, 5) is 25.6. The Hall–Kier alpha value is -1.96. The van der Waals surface area contributed by atoms with Crippen LogP contribution in [0, 0.1) is 10.1 Å². The lowest BCUT2D eigenvalue weighted by atomic mass is 10.1. The number of rotatable bonds is 6. The second-order valence-electron chi connectivity index (χ2n) is 5.13. The monoisotopic (exact) mass is 353 g/mol. The second-order valence-corrected chi connectivity index (χ2v) is 6.51. The van der Waals surface area contributed by atoms with Crippen molar-refractivity contribution in [3.63, 3.8) is 0 Å². The third kappa shape index (κ3) is 4.28. The molecule has 1 aromatic carbocycles. The number of likely N-dealkylation sites (N-methyl/N-ethyl adjacent to an activating group) is 1. The zero-order valence-electron chi connectivity index (χ0n) is 12.7. The first kappa shape index (κ1) is 17.4. The number of non-ortho nitro benzene ring substituents is 1. The van der Waals surface area contributed by atoms with Crippen LogP contribution < -0.4 is 5.32 Å². The van der Waals surface area contributed by atoms with E-state index >= 15 is 0 Å². The van der Waals surface area contributed by atoms with E-state index in [1.165, 1.54) is 18.2 Å². The standard InChI is InChI=1S/C15H16ClN3O3S/c1-18(2)13(14-4-3-7-23-14)9-17-15(20)11-6-5-10(19(21)22)8-12(11)16/h3-8,13H,9H2,1-2H3,(H,17,20). The Morgan fingerprint density at radius 3 is 2.70 bits per heavy atom. The van der Waals surface area contributed by atoms with Crippen molar-refractivity contribution in [1.82, 2.24) is 10.2 Å². The number of nitro benzene ring substituents is 1. The van der Waals surface area contributed by atoms with Gasteiger partial charge in [0.05, 0.1) is 21.6 Å². The van der Waals surface area contributed by atoms with Crippen LogP contribution in [0.2, 0.25) is 5.02 Å². The molecule has 1 atom stereocenters. The maximum atomic E-state index is 12.3. The number of carbonyl (C=O) groups is 1. The van der Waals surface area contributed by atoms with Gasteiger partial charge < -0.3 is 10.2 Å². The molecular formula is C15H16ClN3O3S. The Bertz CT molecular complexity index is 704. The van der Waals surface area contributed by atoms with Gasteiger partial charge in [0.1, 0.15) is 0 Å². The van der Waals surface area contributed by atoms with Crippen molar-refractivity contribution in [2.75, 3.05) is 20.6 Å². The highest BCUT2D eigenvalue weighted by atomic mass is 35.5. The molecule has 0 aliphatic rings. The summed E-state index contributed by atoms with van der Waals surface area (Å²) in [5.74, 6) is -0.353. The van der Waals surface area contributed by atoms with Gasteiger partial charge in [0.2, 0.25) is 0 Å². The minimum Gasteiger partial charge on any atom is -0.350 e. The zero-order valence-corrected chi connectivity index (χ0v) is 14.2. The largest absolute Gasteiger partial charge is 0.350 e. The van der Waals surface area contributed by atoms with Crippen LogP contribution in [-0.2, 0) is 0 Å². The van der Waals surface area contributed by atoms with Gasteiger partial charge in [-0.2, -0.15) is 0 Å². The van der Waals surface area contributed by atoms with Gasteiger partial charge in [-0.15, -0.1) is 11.3 Å². The molecule has 2 rings (SSSR count). The number of thiophene rings is 1. The first-order chi connectivity index (χ1) is 10.9. The zero-order chi connectivity index (χ0) is 17.0. The molecule has 6 nitrogen and oxygen atoms in total. The van der Waals surface area contributed by atoms with Crippen LogP contribution >= 0.6 is 22.9 Å². The molecule has 0 fully saturated rings. The van der Waals surface area contributed by atoms with Gasteiger partial charge in [-0.05, 0) is 31.6 Å². The molecule has 1 amide bonds. The molecule has 1 heterocycles. The van der Waals surface area contributed by atoms with E-state index in [1.807, 2.05) is 36.5 Å². The molecule has 23 heavy (non-hydrogen) atoms. The van der Waals surface area contributed by atoms with Gasteiger partial charge in [-0.3, -0.25) is 14.9 Å². The third-order valence-corrected chi connectivity index (χ3v) is 4.65. The molecular weight excluding hydrogens is 338 g/mol. The fraction of sp³-hybridized carbons (Fsp3) is 0.267. The topological polar surface area (TPSA) is 75.5 Å². The van der Waals surface area contributed by atoms with E-state index in [2.05, 4.69) is 5.32 Å². The van der Waals surface area contributed by atoms with Crippen LogP contribution in [0.25, 0.3) is 0 Å². The Kier molecular flexibility index (Phi) is 5.70. The van der Waals surface area contributed by atoms with Crippen molar-refractivity contribution in [3.8, 4) is 0 Å². The lowest BCUT2D eigenvalue weighted by Crippen LogP contribution is -2.34. The summed E-state index contributed by atoms with van der Waals surface area (Å²) >= 11 is 7.59. The van der Waals surface area contributed by atoms with Crippen molar-refractivity contribution >= 4 is 34.5 Å². The number of nitrogens with zero attached hydrogens (tertiary/aromatic N) is 2. The number of nitro groups is 1. The van der Waals surface area contributed by atoms with Crippen LogP contribution in [0.1, 0.15) is 21.3 Å². The molecule has 1 unspecified atom stereocenters. The fourth-order valence-electron chi connectivity index (χ4n) is 2.10. The maximum absolute atomic E-state index is 12.3. The highest BCUT2D eigenvalue weighted by Crippen LogP contribution is 2.24. The van der Waals surface area contributed by atoms with Gasteiger partial charge >= 0.3 is 0 Å². The lowest BCUT2D eigenvalue weighted by molar-refractivity contribution is -0.384. The predicted octanol–water partition coefficient (Wildman–Crippen LogP) is 3.34. The van der Waals surface area contributed by atoms with Crippen LogP contribution in [-0.4, -0.2) is 36.4 Å². The first-order valence-electron chi connectivity index (χ1n) is 6.82. The SMILES string of the molecule is CN(C)C(CNC(=O)c1ccc([N+](=O)[O-])cc1Cl)c1cccs1. The smallest absolute Gasteiger partial charge is 0.270 e. The Labute approximate surface area is 142 Å². The lowest BCUT2D eigenvalue weighted by Gasteiger charge is -2.23. The maximum Gasteiger partial charge on any atom is 0.270 e. The van der Waals surface area contributed by atoms with E-state index in [1.54, 1.807) is 11.3 Å². The van der Waals surface area contributed by atoms with Crippen molar-refractivity contribution in [3.05, 3.63) is 61.3 Å². The average molecular weight is 354 g/mol.